The summed E-state index contributed by atoms with van der Waals surface area (Å²) >= 11 is 0. The second kappa shape index (κ2) is 6.84. The summed E-state index contributed by atoms with van der Waals surface area (Å²) in [6, 6.07) is 4.27. The van der Waals surface area contributed by atoms with Crippen LogP contribution in [0, 0.1) is 16.6 Å². The number of carbonyl (C=O) groups is 1. The van der Waals surface area contributed by atoms with Crippen LogP contribution in [0.2, 0.25) is 0 Å². The SMILES string of the molecule is CC#C[C@H]1CN(C(=O)O)CCN1c1ccc(S(=N)(=O)C(F)(F)F)cc1. The predicted molar refractivity (Wildman–Crippen MR) is 85.8 cm³/mol. The fourth-order valence-corrected chi connectivity index (χ4v) is 3.31. The lowest BCUT2D eigenvalue weighted by Crippen LogP contribution is -2.54. The van der Waals surface area contributed by atoms with Crippen LogP contribution in [0.1, 0.15) is 6.92 Å². The quantitative estimate of drug-likeness (QED) is 0.779. The summed E-state index contributed by atoms with van der Waals surface area (Å²) in [6.07, 6.45) is -1.06. The first-order chi connectivity index (χ1) is 11.6. The molecule has 1 heterocycles. The molecule has 1 aromatic rings. The van der Waals surface area contributed by atoms with Crippen molar-refractivity contribution in [2.24, 2.45) is 0 Å². The van der Waals surface area contributed by atoms with Crippen LogP contribution < -0.4 is 4.90 Å². The molecule has 10 heteroatoms. The molecule has 1 fully saturated rings. The van der Waals surface area contributed by atoms with E-state index in [0.29, 0.717) is 12.2 Å². The maximum Gasteiger partial charge on any atom is 0.483 e. The summed E-state index contributed by atoms with van der Waals surface area (Å²) < 4.78 is 56.8. The normalized spacial score (nSPS) is 20.4. The highest BCUT2D eigenvalue weighted by Gasteiger charge is 2.43. The van der Waals surface area contributed by atoms with Gasteiger partial charge in [-0.25, -0.2) is 13.8 Å². The van der Waals surface area contributed by atoms with E-state index in [1.807, 2.05) is 0 Å². The number of hydrogen-bond acceptors (Lipinski definition) is 4. The van der Waals surface area contributed by atoms with Crippen LogP contribution in [-0.2, 0) is 9.73 Å². The molecular weight excluding hydrogens is 359 g/mol. The van der Waals surface area contributed by atoms with Crippen LogP contribution in [-0.4, -0.2) is 51.5 Å². The van der Waals surface area contributed by atoms with E-state index in [1.54, 1.807) is 11.8 Å². The minimum absolute atomic E-state index is 0.148. The van der Waals surface area contributed by atoms with Gasteiger partial charge in [-0.05, 0) is 31.2 Å². The van der Waals surface area contributed by atoms with Crippen LogP contribution >= 0.6 is 0 Å². The van der Waals surface area contributed by atoms with Gasteiger partial charge in [0, 0.05) is 18.8 Å². The third kappa shape index (κ3) is 3.82. The number of amides is 1. The first kappa shape index (κ1) is 18.9. The van der Waals surface area contributed by atoms with Gasteiger partial charge in [-0.1, -0.05) is 5.92 Å². The molecule has 0 radical (unpaired) electrons. The number of alkyl halides is 3. The van der Waals surface area contributed by atoms with E-state index in [0.717, 1.165) is 12.1 Å². The van der Waals surface area contributed by atoms with E-state index in [-0.39, 0.29) is 13.1 Å². The first-order valence-electron chi connectivity index (χ1n) is 7.20. The van der Waals surface area contributed by atoms with Gasteiger partial charge in [0.05, 0.1) is 11.4 Å². The average molecular weight is 375 g/mol. The van der Waals surface area contributed by atoms with E-state index < -0.39 is 32.3 Å². The Hall–Kier alpha value is -2.41. The fourth-order valence-electron chi connectivity index (χ4n) is 2.52. The molecule has 136 valence electrons. The molecular formula is C15H16F3N3O3S. The van der Waals surface area contributed by atoms with Crippen LogP contribution in [0.25, 0.3) is 0 Å². The lowest BCUT2D eigenvalue weighted by atomic mass is 10.1. The molecule has 0 aromatic heterocycles. The van der Waals surface area contributed by atoms with Gasteiger partial charge in [-0.3, -0.25) is 0 Å². The standard InChI is InChI=1S/C15H16F3N3O3S/c1-2-3-12-10-20(14(22)23)8-9-21(12)11-4-6-13(7-5-11)25(19,24)15(16,17)18/h4-7,12,19H,8-10H2,1H3,(H,22,23)/t12-,25?/m0/s1. The smallest absolute Gasteiger partial charge is 0.465 e. The second-order valence-corrected chi connectivity index (χ2v) is 7.37. The van der Waals surface area contributed by atoms with E-state index in [4.69, 9.17) is 9.89 Å². The molecule has 2 atom stereocenters. The number of piperazine rings is 1. The van der Waals surface area contributed by atoms with Gasteiger partial charge in [0.25, 0.3) is 0 Å². The Morgan fingerprint density at radius 1 is 1.32 bits per heavy atom. The van der Waals surface area contributed by atoms with Crippen molar-refractivity contribution in [1.29, 1.82) is 4.78 Å². The van der Waals surface area contributed by atoms with E-state index in [2.05, 4.69) is 11.8 Å². The van der Waals surface area contributed by atoms with Crippen molar-refractivity contribution < 1.29 is 27.3 Å². The molecule has 2 N–H and O–H groups in total. The Balaban J connectivity index is 2.29. The average Bonchev–Trinajstić information content (AvgIpc) is 2.54. The predicted octanol–water partition coefficient (Wildman–Crippen LogP) is 2.80. The zero-order valence-electron chi connectivity index (χ0n) is 13.2. The summed E-state index contributed by atoms with van der Waals surface area (Å²) in [5.41, 5.74) is -4.61. The van der Waals surface area contributed by atoms with E-state index in [9.17, 15) is 22.2 Å². The summed E-state index contributed by atoms with van der Waals surface area (Å²) in [5, 5.41) is 9.08. The molecule has 1 aliphatic rings. The molecule has 1 aromatic carbocycles. The van der Waals surface area contributed by atoms with Crippen molar-refractivity contribution in [2.45, 2.75) is 23.4 Å². The van der Waals surface area contributed by atoms with Crippen molar-refractivity contribution in [2.75, 3.05) is 24.5 Å². The number of anilines is 1. The highest BCUT2D eigenvalue weighted by Crippen LogP contribution is 2.32. The summed E-state index contributed by atoms with van der Waals surface area (Å²) in [4.78, 5) is 13.5. The van der Waals surface area contributed by atoms with Crippen LogP contribution in [0.5, 0.6) is 0 Å². The third-order valence-electron chi connectivity index (χ3n) is 3.79. The van der Waals surface area contributed by atoms with Crippen molar-refractivity contribution in [3.05, 3.63) is 24.3 Å². The van der Waals surface area contributed by atoms with Crippen molar-refractivity contribution in [3.8, 4) is 11.8 Å². The molecule has 1 unspecified atom stereocenters. The molecule has 1 amide bonds. The highest BCUT2D eigenvalue weighted by molar-refractivity contribution is 7.93. The monoisotopic (exact) mass is 375 g/mol. The van der Waals surface area contributed by atoms with Gasteiger partial charge in [-0.15, -0.1) is 5.92 Å². The number of hydrogen-bond donors (Lipinski definition) is 2. The van der Waals surface area contributed by atoms with Gasteiger partial charge < -0.3 is 14.9 Å². The maximum absolute atomic E-state index is 12.7. The third-order valence-corrected chi connectivity index (χ3v) is 5.38. The number of rotatable bonds is 2. The number of benzene rings is 1. The molecule has 2 rings (SSSR count). The Labute approximate surface area is 143 Å². The van der Waals surface area contributed by atoms with Crippen LogP contribution in [0.15, 0.2) is 29.2 Å². The topological polar surface area (TPSA) is 84.7 Å². The van der Waals surface area contributed by atoms with Gasteiger partial charge in [0.2, 0.25) is 0 Å². The minimum atomic E-state index is -5.14. The van der Waals surface area contributed by atoms with E-state index >= 15 is 0 Å². The molecule has 0 aliphatic carbocycles. The van der Waals surface area contributed by atoms with Crippen LogP contribution in [0.3, 0.4) is 0 Å². The number of nitrogens with one attached hydrogen (secondary N) is 1. The molecule has 0 spiro atoms. The number of halogens is 3. The highest BCUT2D eigenvalue weighted by atomic mass is 32.2. The van der Waals surface area contributed by atoms with Gasteiger partial charge in [0.15, 0.2) is 9.73 Å². The maximum atomic E-state index is 12.7. The fraction of sp³-hybridized carbons (Fsp3) is 0.400. The van der Waals surface area contributed by atoms with Crippen molar-refractivity contribution in [3.63, 3.8) is 0 Å². The molecule has 1 aliphatic heterocycles. The Morgan fingerprint density at radius 2 is 1.92 bits per heavy atom. The van der Waals surface area contributed by atoms with Gasteiger partial charge in [0.1, 0.15) is 6.04 Å². The molecule has 0 bridgehead atoms. The Morgan fingerprint density at radius 3 is 2.40 bits per heavy atom. The second-order valence-electron chi connectivity index (χ2n) is 5.33. The lowest BCUT2D eigenvalue weighted by molar-refractivity contribution is -0.0406. The van der Waals surface area contributed by atoms with Gasteiger partial charge in [-0.2, -0.15) is 13.2 Å². The van der Waals surface area contributed by atoms with Crippen molar-refractivity contribution in [1.82, 2.24) is 4.90 Å². The number of nitrogens with zero attached hydrogens (tertiary/aromatic N) is 2. The van der Waals surface area contributed by atoms with Gasteiger partial charge >= 0.3 is 11.6 Å². The van der Waals surface area contributed by atoms with Crippen LogP contribution in [0.4, 0.5) is 23.7 Å². The Kier molecular flexibility index (Phi) is 5.17. The first-order valence-corrected chi connectivity index (χ1v) is 8.75. The summed E-state index contributed by atoms with van der Waals surface area (Å²) in [6.45, 7) is 2.31. The zero-order chi connectivity index (χ0) is 18.8. The molecule has 0 saturated carbocycles. The summed E-state index contributed by atoms with van der Waals surface area (Å²) in [5.74, 6) is 5.60. The minimum Gasteiger partial charge on any atom is -0.465 e. The lowest BCUT2D eigenvalue weighted by Gasteiger charge is -2.39. The molecule has 1 saturated heterocycles. The Bertz CT molecular complexity index is 810. The molecule has 25 heavy (non-hydrogen) atoms. The molecule has 6 nitrogen and oxygen atoms in total. The van der Waals surface area contributed by atoms with Crippen molar-refractivity contribution >= 4 is 21.5 Å². The zero-order valence-corrected chi connectivity index (χ0v) is 14.0. The largest absolute Gasteiger partial charge is 0.483 e. The van der Waals surface area contributed by atoms with E-state index in [1.165, 1.54) is 17.0 Å². The summed E-state index contributed by atoms with van der Waals surface area (Å²) in [7, 11) is -4.90. The number of carboxylic acid groups (broad SMARTS) is 1.